The Kier molecular flexibility index (Phi) is 10.6. The smallest absolute Gasteiger partial charge is 0.338 e. The first-order valence-corrected chi connectivity index (χ1v) is 9.96. The van der Waals surface area contributed by atoms with E-state index < -0.39 is 0 Å². The molecule has 0 aliphatic heterocycles. The molecule has 0 atom stereocenters. The molecule has 31 heavy (non-hydrogen) atoms. The maximum Gasteiger partial charge on any atom is 0.338 e. The largest absolute Gasteiger partial charge is 0.457 e. The highest BCUT2D eigenvalue weighted by Crippen LogP contribution is 2.09. The molecule has 0 aliphatic carbocycles. The lowest BCUT2D eigenvalue weighted by atomic mass is 10.1. The standard InChI is InChI=1S/C23H27N5O2.HI/c1-24-23(25-12-6-14-28-15-7-13-27-28)26-17-20-10-5-11-21(16-20)22(29)30-18-19-8-3-2-4-9-19;/h2-5,7-11,13,15-16H,6,12,14,17-18H2,1H3,(H2,24,25,26);1H. The van der Waals surface area contributed by atoms with Crippen LogP contribution in [0, 0.1) is 0 Å². The number of ether oxygens (including phenoxy) is 1. The molecule has 0 saturated heterocycles. The van der Waals surface area contributed by atoms with Gasteiger partial charge in [0.1, 0.15) is 6.61 Å². The second-order valence-corrected chi connectivity index (χ2v) is 6.74. The van der Waals surface area contributed by atoms with Crippen molar-refractivity contribution >= 4 is 35.9 Å². The Morgan fingerprint density at radius 3 is 2.61 bits per heavy atom. The fourth-order valence-electron chi connectivity index (χ4n) is 2.90. The minimum absolute atomic E-state index is 0. The molecule has 8 heteroatoms. The number of aromatic nitrogens is 2. The molecule has 3 aromatic rings. The Balaban J connectivity index is 0.00000341. The zero-order chi connectivity index (χ0) is 21.0. The molecule has 0 amide bonds. The summed E-state index contributed by atoms with van der Waals surface area (Å²) >= 11 is 0. The summed E-state index contributed by atoms with van der Waals surface area (Å²) in [5.74, 6) is 0.384. The van der Waals surface area contributed by atoms with Gasteiger partial charge in [-0.25, -0.2) is 4.79 Å². The predicted octanol–water partition coefficient (Wildman–Crippen LogP) is 3.61. The van der Waals surface area contributed by atoms with E-state index in [-0.39, 0.29) is 36.6 Å². The van der Waals surface area contributed by atoms with Gasteiger partial charge >= 0.3 is 5.97 Å². The second-order valence-electron chi connectivity index (χ2n) is 6.74. The maximum absolute atomic E-state index is 12.4. The van der Waals surface area contributed by atoms with E-state index in [0.29, 0.717) is 18.1 Å². The number of benzene rings is 2. The van der Waals surface area contributed by atoms with Crippen LogP contribution in [0.3, 0.4) is 0 Å². The average Bonchev–Trinajstić information content (AvgIpc) is 3.31. The van der Waals surface area contributed by atoms with Crippen molar-refractivity contribution < 1.29 is 9.53 Å². The summed E-state index contributed by atoms with van der Waals surface area (Å²) in [5.41, 5.74) is 2.47. The van der Waals surface area contributed by atoms with E-state index in [2.05, 4.69) is 20.7 Å². The minimum Gasteiger partial charge on any atom is -0.457 e. The number of nitrogens with one attached hydrogen (secondary N) is 2. The van der Waals surface area contributed by atoms with Gasteiger partial charge in [-0.05, 0) is 35.7 Å². The number of hydrogen-bond acceptors (Lipinski definition) is 4. The van der Waals surface area contributed by atoms with Crippen LogP contribution >= 0.6 is 24.0 Å². The van der Waals surface area contributed by atoms with Crippen molar-refractivity contribution in [1.82, 2.24) is 20.4 Å². The monoisotopic (exact) mass is 533 g/mol. The van der Waals surface area contributed by atoms with Gasteiger partial charge in [0.2, 0.25) is 0 Å². The number of hydrogen-bond donors (Lipinski definition) is 2. The van der Waals surface area contributed by atoms with E-state index in [1.807, 2.05) is 65.5 Å². The van der Waals surface area contributed by atoms with Gasteiger partial charge in [0, 0.05) is 39.1 Å². The van der Waals surface area contributed by atoms with E-state index >= 15 is 0 Å². The Hall–Kier alpha value is -2.88. The Morgan fingerprint density at radius 1 is 1.06 bits per heavy atom. The lowest BCUT2D eigenvalue weighted by molar-refractivity contribution is 0.0472. The molecule has 0 fully saturated rings. The van der Waals surface area contributed by atoms with Crippen molar-refractivity contribution in [1.29, 1.82) is 0 Å². The van der Waals surface area contributed by atoms with Crippen molar-refractivity contribution in [2.24, 2.45) is 4.99 Å². The molecular formula is C23H28IN5O2. The van der Waals surface area contributed by atoms with Gasteiger partial charge in [-0.1, -0.05) is 42.5 Å². The van der Waals surface area contributed by atoms with Crippen LogP contribution in [0.2, 0.25) is 0 Å². The van der Waals surface area contributed by atoms with Gasteiger partial charge in [-0.15, -0.1) is 24.0 Å². The first-order valence-electron chi connectivity index (χ1n) is 9.96. The lowest BCUT2D eigenvalue weighted by Crippen LogP contribution is -2.37. The average molecular weight is 533 g/mol. The Labute approximate surface area is 199 Å². The summed E-state index contributed by atoms with van der Waals surface area (Å²) in [7, 11) is 1.74. The molecule has 0 saturated carbocycles. The number of carbonyl (C=O) groups excluding carboxylic acids is 1. The van der Waals surface area contributed by atoms with E-state index in [1.165, 1.54) is 0 Å². The number of aryl methyl sites for hydroxylation is 1. The van der Waals surface area contributed by atoms with Gasteiger partial charge in [-0.3, -0.25) is 9.67 Å². The zero-order valence-electron chi connectivity index (χ0n) is 17.5. The van der Waals surface area contributed by atoms with Gasteiger partial charge < -0.3 is 15.4 Å². The van der Waals surface area contributed by atoms with Crippen molar-refractivity contribution in [2.75, 3.05) is 13.6 Å². The van der Waals surface area contributed by atoms with Crippen LogP contribution in [0.25, 0.3) is 0 Å². The molecule has 0 bridgehead atoms. The summed E-state index contributed by atoms with van der Waals surface area (Å²) in [4.78, 5) is 16.6. The maximum atomic E-state index is 12.4. The molecular weight excluding hydrogens is 505 g/mol. The van der Waals surface area contributed by atoms with E-state index in [4.69, 9.17) is 4.74 Å². The molecule has 1 heterocycles. The number of halogens is 1. The summed E-state index contributed by atoms with van der Waals surface area (Å²) < 4.78 is 7.31. The van der Waals surface area contributed by atoms with Crippen LogP contribution < -0.4 is 10.6 Å². The molecule has 0 spiro atoms. The van der Waals surface area contributed by atoms with Gasteiger partial charge in [0.05, 0.1) is 5.56 Å². The Bertz CT molecular complexity index is 946. The topological polar surface area (TPSA) is 80.5 Å². The summed E-state index contributed by atoms with van der Waals surface area (Å²) in [5, 5.41) is 10.7. The predicted molar refractivity (Wildman–Crippen MR) is 132 cm³/mol. The molecule has 0 radical (unpaired) electrons. The van der Waals surface area contributed by atoms with Crippen LogP contribution in [-0.2, 0) is 24.4 Å². The first-order chi connectivity index (χ1) is 14.7. The highest BCUT2D eigenvalue weighted by Gasteiger charge is 2.08. The van der Waals surface area contributed by atoms with Crippen molar-refractivity contribution in [3.63, 3.8) is 0 Å². The van der Waals surface area contributed by atoms with Gasteiger partial charge in [-0.2, -0.15) is 5.10 Å². The normalized spacial score (nSPS) is 10.8. The second kappa shape index (κ2) is 13.4. The number of rotatable bonds is 9. The summed E-state index contributed by atoms with van der Waals surface area (Å²) in [6.45, 7) is 2.45. The quantitative estimate of drug-likeness (QED) is 0.145. The van der Waals surface area contributed by atoms with Crippen LogP contribution in [0.15, 0.2) is 78.0 Å². The number of carbonyl (C=O) groups is 1. The van der Waals surface area contributed by atoms with Crippen LogP contribution in [0.1, 0.15) is 27.9 Å². The highest BCUT2D eigenvalue weighted by molar-refractivity contribution is 14.0. The fourth-order valence-corrected chi connectivity index (χ4v) is 2.90. The number of nitrogens with zero attached hydrogens (tertiary/aromatic N) is 3. The van der Waals surface area contributed by atoms with Crippen molar-refractivity contribution in [3.05, 3.63) is 89.7 Å². The third-order valence-electron chi connectivity index (χ3n) is 4.47. The molecule has 3 rings (SSSR count). The third-order valence-corrected chi connectivity index (χ3v) is 4.47. The summed E-state index contributed by atoms with van der Waals surface area (Å²) in [6, 6.07) is 19.0. The molecule has 7 nitrogen and oxygen atoms in total. The van der Waals surface area contributed by atoms with Crippen molar-refractivity contribution in [2.45, 2.75) is 26.1 Å². The molecule has 2 aromatic carbocycles. The highest BCUT2D eigenvalue weighted by atomic mass is 127. The number of aliphatic imine (C=N–C) groups is 1. The van der Waals surface area contributed by atoms with E-state index in [9.17, 15) is 4.79 Å². The fraction of sp³-hybridized carbons (Fsp3) is 0.261. The molecule has 1 aromatic heterocycles. The molecule has 0 aliphatic rings. The van der Waals surface area contributed by atoms with Crippen molar-refractivity contribution in [3.8, 4) is 0 Å². The minimum atomic E-state index is -0.332. The zero-order valence-corrected chi connectivity index (χ0v) is 19.9. The van der Waals surface area contributed by atoms with Gasteiger partial charge in [0.25, 0.3) is 0 Å². The van der Waals surface area contributed by atoms with Gasteiger partial charge in [0.15, 0.2) is 5.96 Å². The molecule has 2 N–H and O–H groups in total. The van der Waals surface area contributed by atoms with Crippen LogP contribution in [0.5, 0.6) is 0 Å². The number of esters is 1. The van der Waals surface area contributed by atoms with Crippen LogP contribution in [0.4, 0.5) is 0 Å². The first kappa shape index (κ1) is 24.4. The van der Waals surface area contributed by atoms with E-state index in [1.54, 1.807) is 19.3 Å². The van der Waals surface area contributed by atoms with Crippen LogP contribution in [-0.4, -0.2) is 35.3 Å². The Morgan fingerprint density at radius 2 is 1.87 bits per heavy atom. The SMILES string of the molecule is CN=C(NCCCn1cccn1)NCc1cccc(C(=O)OCc2ccccc2)c1.I. The van der Waals surface area contributed by atoms with E-state index in [0.717, 1.165) is 30.6 Å². The third kappa shape index (κ3) is 8.41. The lowest BCUT2D eigenvalue weighted by Gasteiger charge is -2.12. The molecule has 0 unspecified atom stereocenters. The number of guanidine groups is 1. The molecule has 164 valence electrons. The summed E-state index contributed by atoms with van der Waals surface area (Å²) in [6.07, 6.45) is 4.66.